The number of ether oxygens (including phenoxy) is 1. The largest absolute Gasteiger partial charge is 0.494 e. The van der Waals surface area contributed by atoms with Crippen LogP contribution < -0.4 is 4.74 Å². The Bertz CT molecular complexity index is 756. The van der Waals surface area contributed by atoms with Crippen LogP contribution in [0.4, 0.5) is 13.2 Å². The molecule has 2 aromatic rings. The fraction of sp³-hybridized carbons (Fsp3) is 0.350. The van der Waals surface area contributed by atoms with E-state index < -0.39 is 17.5 Å². The summed E-state index contributed by atoms with van der Waals surface area (Å²) in [5.74, 6) is -1.07. The van der Waals surface area contributed by atoms with E-state index in [0.29, 0.717) is 31.4 Å². The Balaban J connectivity index is 1.46. The van der Waals surface area contributed by atoms with Crippen LogP contribution in [0.5, 0.6) is 5.75 Å². The molecule has 1 saturated heterocycles. The molecule has 1 aliphatic heterocycles. The molecule has 0 atom stereocenters. The van der Waals surface area contributed by atoms with Crippen molar-refractivity contribution in [1.29, 1.82) is 0 Å². The zero-order valence-corrected chi connectivity index (χ0v) is 14.3. The number of piperidine rings is 1. The minimum atomic E-state index is -0.703. The Labute approximate surface area is 150 Å². The van der Waals surface area contributed by atoms with Gasteiger partial charge in [0.05, 0.1) is 12.2 Å². The third kappa shape index (κ3) is 4.56. The number of hydrogen-bond acceptors (Lipinski definition) is 2. The second-order valence-corrected chi connectivity index (χ2v) is 6.45. The molecule has 0 bridgehead atoms. The standard InChI is InChI=1S/C20H20F3NO2/c21-15-1-4-17(5-2-15)26-12-9-14-7-10-24(11-8-14)20(25)18-13-16(22)3-6-19(18)23/h1-6,13-14H,7-12H2. The van der Waals surface area contributed by atoms with Crippen molar-refractivity contribution in [1.82, 2.24) is 4.90 Å². The number of rotatable bonds is 5. The molecule has 1 fully saturated rings. The topological polar surface area (TPSA) is 29.5 Å². The molecule has 0 aromatic heterocycles. The maximum absolute atomic E-state index is 13.8. The van der Waals surface area contributed by atoms with Gasteiger partial charge < -0.3 is 9.64 Å². The Morgan fingerprint density at radius 3 is 2.35 bits per heavy atom. The summed E-state index contributed by atoms with van der Waals surface area (Å²) < 4.78 is 45.5. The normalized spacial score (nSPS) is 15.1. The Hall–Kier alpha value is -2.50. The summed E-state index contributed by atoms with van der Waals surface area (Å²) >= 11 is 0. The second kappa shape index (κ2) is 8.25. The highest BCUT2D eigenvalue weighted by atomic mass is 19.1. The van der Waals surface area contributed by atoms with Crippen LogP contribution >= 0.6 is 0 Å². The van der Waals surface area contributed by atoms with Gasteiger partial charge in [-0.2, -0.15) is 0 Å². The van der Waals surface area contributed by atoms with E-state index in [1.54, 1.807) is 17.0 Å². The summed E-state index contributed by atoms with van der Waals surface area (Å²) in [5, 5.41) is 0. The molecule has 0 saturated carbocycles. The van der Waals surface area contributed by atoms with Gasteiger partial charge in [-0.25, -0.2) is 13.2 Å². The molecule has 6 heteroatoms. The first-order chi connectivity index (χ1) is 12.5. The van der Waals surface area contributed by atoms with Crippen LogP contribution in [-0.4, -0.2) is 30.5 Å². The van der Waals surface area contributed by atoms with E-state index in [1.807, 2.05) is 0 Å². The lowest BCUT2D eigenvalue weighted by molar-refractivity contribution is 0.0675. The molecule has 2 aromatic carbocycles. The molecule has 26 heavy (non-hydrogen) atoms. The fourth-order valence-corrected chi connectivity index (χ4v) is 3.13. The van der Waals surface area contributed by atoms with Crippen LogP contribution in [0.2, 0.25) is 0 Å². The molecule has 0 aliphatic carbocycles. The third-order valence-electron chi connectivity index (χ3n) is 4.67. The highest BCUT2D eigenvalue weighted by molar-refractivity contribution is 5.94. The maximum Gasteiger partial charge on any atom is 0.256 e. The molecule has 3 rings (SSSR count). The molecule has 0 spiro atoms. The number of benzene rings is 2. The minimum Gasteiger partial charge on any atom is -0.494 e. The molecule has 0 unspecified atom stereocenters. The van der Waals surface area contributed by atoms with E-state index in [9.17, 15) is 18.0 Å². The van der Waals surface area contributed by atoms with Gasteiger partial charge in [0.1, 0.15) is 23.2 Å². The number of hydrogen-bond donors (Lipinski definition) is 0. The lowest BCUT2D eigenvalue weighted by atomic mass is 9.93. The highest BCUT2D eigenvalue weighted by Gasteiger charge is 2.25. The SMILES string of the molecule is O=C(c1cc(F)ccc1F)N1CCC(CCOc2ccc(F)cc2)CC1. The first-order valence-electron chi connectivity index (χ1n) is 8.65. The maximum atomic E-state index is 13.8. The summed E-state index contributed by atoms with van der Waals surface area (Å²) in [5.41, 5.74) is -0.219. The fourth-order valence-electron chi connectivity index (χ4n) is 3.13. The predicted molar refractivity (Wildman–Crippen MR) is 91.5 cm³/mol. The molecule has 138 valence electrons. The Morgan fingerprint density at radius 1 is 1.00 bits per heavy atom. The van der Waals surface area contributed by atoms with Gasteiger partial charge in [-0.1, -0.05) is 0 Å². The van der Waals surface area contributed by atoms with Crippen LogP contribution in [0.25, 0.3) is 0 Å². The zero-order chi connectivity index (χ0) is 18.5. The number of amides is 1. The Morgan fingerprint density at radius 2 is 1.65 bits per heavy atom. The van der Waals surface area contributed by atoms with Crippen molar-refractivity contribution in [3.05, 3.63) is 65.5 Å². The smallest absolute Gasteiger partial charge is 0.256 e. The van der Waals surface area contributed by atoms with E-state index in [1.165, 1.54) is 12.1 Å². The molecule has 1 aliphatic rings. The van der Waals surface area contributed by atoms with Crippen LogP contribution in [0.15, 0.2) is 42.5 Å². The quantitative estimate of drug-likeness (QED) is 0.787. The monoisotopic (exact) mass is 363 g/mol. The predicted octanol–water partition coefficient (Wildman–Crippen LogP) is 4.43. The van der Waals surface area contributed by atoms with Crippen LogP contribution in [-0.2, 0) is 0 Å². The molecular weight excluding hydrogens is 343 g/mol. The lowest BCUT2D eigenvalue weighted by Gasteiger charge is -2.32. The van der Waals surface area contributed by atoms with E-state index in [2.05, 4.69) is 0 Å². The van der Waals surface area contributed by atoms with Crippen molar-refractivity contribution < 1.29 is 22.7 Å². The third-order valence-corrected chi connectivity index (χ3v) is 4.67. The number of nitrogens with zero attached hydrogens (tertiary/aromatic N) is 1. The van der Waals surface area contributed by atoms with Crippen molar-refractivity contribution in [2.24, 2.45) is 5.92 Å². The van der Waals surface area contributed by atoms with Crippen LogP contribution in [0.1, 0.15) is 29.6 Å². The van der Waals surface area contributed by atoms with Gasteiger partial charge >= 0.3 is 0 Å². The molecule has 1 amide bonds. The van der Waals surface area contributed by atoms with E-state index in [0.717, 1.165) is 37.5 Å². The molecule has 0 N–H and O–H groups in total. The first-order valence-corrected chi connectivity index (χ1v) is 8.65. The van der Waals surface area contributed by atoms with Gasteiger partial charge in [-0.05, 0) is 67.6 Å². The first kappa shape index (κ1) is 18.3. The van der Waals surface area contributed by atoms with Gasteiger partial charge in [0.25, 0.3) is 5.91 Å². The average molecular weight is 363 g/mol. The zero-order valence-electron chi connectivity index (χ0n) is 14.3. The summed E-state index contributed by atoms with van der Waals surface area (Å²) in [4.78, 5) is 13.9. The molecular formula is C20H20F3NO2. The summed E-state index contributed by atoms with van der Waals surface area (Å²) in [6.45, 7) is 1.54. The van der Waals surface area contributed by atoms with E-state index >= 15 is 0 Å². The molecule has 1 heterocycles. The Kier molecular flexibility index (Phi) is 5.81. The van der Waals surface area contributed by atoms with Gasteiger partial charge in [-0.3, -0.25) is 4.79 Å². The van der Waals surface area contributed by atoms with Gasteiger partial charge in [0, 0.05) is 13.1 Å². The number of halogens is 3. The summed E-state index contributed by atoms with van der Waals surface area (Å²) in [6, 6.07) is 8.80. The minimum absolute atomic E-state index is 0.219. The van der Waals surface area contributed by atoms with Crippen LogP contribution in [0, 0.1) is 23.4 Å². The second-order valence-electron chi connectivity index (χ2n) is 6.45. The van der Waals surface area contributed by atoms with Crippen molar-refractivity contribution in [3.8, 4) is 5.75 Å². The average Bonchev–Trinajstić information content (AvgIpc) is 2.65. The molecule has 0 radical (unpaired) electrons. The number of likely N-dealkylation sites (tertiary alicyclic amines) is 1. The van der Waals surface area contributed by atoms with E-state index in [4.69, 9.17) is 4.74 Å². The van der Waals surface area contributed by atoms with Gasteiger partial charge in [0.15, 0.2) is 0 Å². The number of carbonyl (C=O) groups excluding carboxylic acids is 1. The highest BCUT2D eigenvalue weighted by Crippen LogP contribution is 2.23. The van der Waals surface area contributed by atoms with Crippen molar-refractivity contribution >= 4 is 5.91 Å². The van der Waals surface area contributed by atoms with E-state index in [-0.39, 0.29) is 11.4 Å². The lowest BCUT2D eigenvalue weighted by Crippen LogP contribution is -2.39. The summed E-state index contributed by atoms with van der Waals surface area (Å²) in [6.07, 6.45) is 2.40. The number of carbonyl (C=O) groups is 1. The summed E-state index contributed by atoms with van der Waals surface area (Å²) in [7, 11) is 0. The van der Waals surface area contributed by atoms with Crippen molar-refractivity contribution in [3.63, 3.8) is 0 Å². The van der Waals surface area contributed by atoms with Crippen LogP contribution in [0.3, 0.4) is 0 Å². The molecule has 3 nitrogen and oxygen atoms in total. The van der Waals surface area contributed by atoms with Gasteiger partial charge in [0.2, 0.25) is 0 Å². The van der Waals surface area contributed by atoms with Crippen molar-refractivity contribution in [2.75, 3.05) is 19.7 Å². The van der Waals surface area contributed by atoms with Gasteiger partial charge in [-0.15, -0.1) is 0 Å². The van der Waals surface area contributed by atoms with Crippen molar-refractivity contribution in [2.45, 2.75) is 19.3 Å².